The Balaban J connectivity index is 1.69. The van der Waals surface area contributed by atoms with E-state index in [1.807, 2.05) is 32.0 Å². The van der Waals surface area contributed by atoms with E-state index in [-0.39, 0.29) is 18.1 Å². The van der Waals surface area contributed by atoms with E-state index in [0.717, 1.165) is 11.1 Å². The van der Waals surface area contributed by atoms with Crippen molar-refractivity contribution in [3.05, 3.63) is 94.6 Å². The third kappa shape index (κ3) is 4.59. The van der Waals surface area contributed by atoms with E-state index >= 15 is 0 Å². The maximum absolute atomic E-state index is 13.7. The highest BCUT2D eigenvalue weighted by Crippen LogP contribution is 2.17. The average molecular weight is 377 g/mol. The molecule has 6 heteroatoms. The number of halogens is 1. The molecule has 0 aliphatic heterocycles. The SMILES string of the molecule is Cc1ccc(NC(=O)c2ccnc(C(=O)NCc3ccccc3F)c2)c(C)c1. The van der Waals surface area contributed by atoms with Gasteiger partial charge in [-0.25, -0.2) is 4.39 Å². The minimum absolute atomic E-state index is 0.0339. The molecule has 2 N–H and O–H groups in total. The first kappa shape index (κ1) is 19.2. The highest BCUT2D eigenvalue weighted by atomic mass is 19.1. The summed E-state index contributed by atoms with van der Waals surface area (Å²) in [6.45, 7) is 3.93. The fourth-order valence-electron chi connectivity index (χ4n) is 2.75. The van der Waals surface area contributed by atoms with Crippen molar-refractivity contribution in [1.82, 2.24) is 10.3 Å². The maximum Gasteiger partial charge on any atom is 0.270 e. The molecule has 3 aromatic rings. The Bertz CT molecular complexity index is 1030. The van der Waals surface area contributed by atoms with Gasteiger partial charge in [0.2, 0.25) is 0 Å². The van der Waals surface area contributed by atoms with Gasteiger partial charge in [0.15, 0.2) is 0 Å². The second-order valence-electron chi connectivity index (χ2n) is 6.48. The van der Waals surface area contributed by atoms with Gasteiger partial charge >= 0.3 is 0 Å². The average Bonchev–Trinajstić information content (AvgIpc) is 2.69. The molecule has 0 spiro atoms. The molecule has 0 atom stereocenters. The van der Waals surface area contributed by atoms with Gasteiger partial charge in [0, 0.05) is 29.6 Å². The van der Waals surface area contributed by atoms with Crippen LogP contribution < -0.4 is 10.6 Å². The number of nitrogens with one attached hydrogen (secondary N) is 2. The molecule has 0 fully saturated rings. The van der Waals surface area contributed by atoms with Crippen molar-refractivity contribution in [2.75, 3.05) is 5.32 Å². The quantitative estimate of drug-likeness (QED) is 0.705. The van der Waals surface area contributed by atoms with Crippen LogP contribution in [-0.2, 0) is 6.54 Å². The van der Waals surface area contributed by atoms with Crippen LogP contribution in [0.1, 0.15) is 37.5 Å². The Hall–Kier alpha value is -3.54. The number of hydrogen-bond acceptors (Lipinski definition) is 3. The largest absolute Gasteiger partial charge is 0.347 e. The van der Waals surface area contributed by atoms with E-state index < -0.39 is 11.7 Å². The molecule has 0 saturated carbocycles. The van der Waals surface area contributed by atoms with Crippen molar-refractivity contribution >= 4 is 17.5 Å². The zero-order valence-electron chi connectivity index (χ0n) is 15.6. The van der Waals surface area contributed by atoms with Crippen LogP contribution in [0, 0.1) is 19.7 Å². The smallest absolute Gasteiger partial charge is 0.270 e. The summed E-state index contributed by atoms with van der Waals surface area (Å²) < 4.78 is 13.7. The monoisotopic (exact) mass is 377 g/mol. The van der Waals surface area contributed by atoms with Gasteiger partial charge in [0.05, 0.1) is 0 Å². The highest BCUT2D eigenvalue weighted by molar-refractivity contribution is 6.06. The second kappa shape index (κ2) is 8.43. The van der Waals surface area contributed by atoms with Crippen LogP contribution in [0.4, 0.5) is 10.1 Å². The van der Waals surface area contributed by atoms with E-state index in [9.17, 15) is 14.0 Å². The Morgan fingerprint density at radius 2 is 1.79 bits per heavy atom. The molecule has 3 rings (SSSR count). The van der Waals surface area contributed by atoms with Gasteiger partial charge in [0.25, 0.3) is 11.8 Å². The lowest BCUT2D eigenvalue weighted by molar-refractivity contribution is 0.0945. The number of aryl methyl sites for hydroxylation is 2. The fourth-order valence-corrected chi connectivity index (χ4v) is 2.75. The van der Waals surface area contributed by atoms with Crippen LogP contribution in [0.25, 0.3) is 0 Å². The minimum atomic E-state index is -0.482. The van der Waals surface area contributed by atoms with Crippen LogP contribution in [0.2, 0.25) is 0 Å². The summed E-state index contributed by atoms with van der Waals surface area (Å²) in [6.07, 6.45) is 1.40. The lowest BCUT2D eigenvalue weighted by Gasteiger charge is -2.10. The number of aromatic nitrogens is 1. The molecule has 0 bridgehead atoms. The third-order valence-electron chi connectivity index (χ3n) is 4.28. The van der Waals surface area contributed by atoms with E-state index in [4.69, 9.17) is 0 Å². The fraction of sp³-hybridized carbons (Fsp3) is 0.136. The van der Waals surface area contributed by atoms with Crippen molar-refractivity contribution in [3.8, 4) is 0 Å². The maximum atomic E-state index is 13.7. The summed E-state index contributed by atoms with van der Waals surface area (Å²) in [5, 5.41) is 5.45. The van der Waals surface area contributed by atoms with Gasteiger partial charge in [0.1, 0.15) is 11.5 Å². The number of benzene rings is 2. The lowest BCUT2D eigenvalue weighted by Crippen LogP contribution is -2.25. The number of amides is 2. The highest BCUT2D eigenvalue weighted by Gasteiger charge is 2.13. The standard InChI is InChI=1S/C22H20FN3O2/c1-14-7-8-19(15(2)11-14)26-21(27)16-9-10-24-20(12-16)22(28)25-13-17-5-3-4-6-18(17)23/h3-12H,13H2,1-2H3,(H,25,28)(H,26,27). The summed E-state index contributed by atoms with van der Waals surface area (Å²) >= 11 is 0. The minimum Gasteiger partial charge on any atom is -0.347 e. The first-order valence-electron chi connectivity index (χ1n) is 8.80. The summed E-state index contributed by atoms with van der Waals surface area (Å²) in [4.78, 5) is 28.9. The molecule has 0 unspecified atom stereocenters. The second-order valence-corrected chi connectivity index (χ2v) is 6.48. The van der Waals surface area contributed by atoms with Gasteiger partial charge < -0.3 is 10.6 Å². The molecule has 2 aromatic carbocycles. The number of hydrogen-bond donors (Lipinski definition) is 2. The van der Waals surface area contributed by atoms with E-state index in [1.54, 1.807) is 18.2 Å². The van der Waals surface area contributed by atoms with Crippen LogP contribution in [0.3, 0.4) is 0 Å². The predicted octanol–water partition coefficient (Wildman–Crippen LogP) is 4.02. The Kier molecular flexibility index (Phi) is 5.79. The summed E-state index contributed by atoms with van der Waals surface area (Å²) in [7, 11) is 0. The molecule has 0 aliphatic rings. The Labute approximate surface area is 162 Å². The summed E-state index contributed by atoms with van der Waals surface area (Å²) in [5.74, 6) is -1.21. The molecule has 1 heterocycles. The first-order chi connectivity index (χ1) is 13.4. The van der Waals surface area contributed by atoms with Crippen molar-refractivity contribution in [2.45, 2.75) is 20.4 Å². The van der Waals surface area contributed by atoms with Gasteiger partial charge in [-0.2, -0.15) is 0 Å². The van der Waals surface area contributed by atoms with Crippen LogP contribution >= 0.6 is 0 Å². The van der Waals surface area contributed by atoms with Gasteiger partial charge in [-0.3, -0.25) is 14.6 Å². The van der Waals surface area contributed by atoms with Crippen molar-refractivity contribution < 1.29 is 14.0 Å². The first-order valence-corrected chi connectivity index (χ1v) is 8.80. The molecule has 28 heavy (non-hydrogen) atoms. The molecule has 142 valence electrons. The van der Waals surface area contributed by atoms with E-state index in [1.165, 1.54) is 24.4 Å². The zero-order chi connectivity index (χ0) is 20.1. The van der Waals surface area contributed by atoms with Crippen molar-refractivity contribution in [2.24, 2.45) is 0 Å². The van der Waals surface area contributed by atoms with Crippen molar-refractivity contribution in [1.29, 1.82) is 0 Å². The topological polar surface area (TPSA) is 71.1 Å². The Morgan fingerprint density at radius 1 is 1.00 bits per heavy atom. The van der Waals surface area contributed by atoms with Crippen LogP contribution in [-0.4, -0.2) is 16.8 Å². The molecule has 5 nitrogen and oxygen atoms in total. The number of carbonyl (C=O) groups is 2. The van der Waals surface area contributed by atoms with E-state index in [2.05, 4.69) is 15.6 Å². The molecule has 0 saturated heterocycles. The number of anilines is 1. The molecule has 0 aliphatic carbocycles. The predicted molar refractivity (Wildman–Crippen MR) is 106 cm³/mol. The summed E-state index contributed by atoms with van der Waals surface area (Å²) in [5.41, 5.74) is 3.53. The zero-order valence-corrected chi connectivity index (χ0v) is 15.6. The molecular formula is C22H20FN3O2. The van der Waals surface area contributed by atoms with Gasteiger partial charge in [-0.15, -0.1) is 0 Å². The molecule has 1 aromatic heterocycles. The lowest BCUT2D eigenvalue weighted by atomic mass is 10.1. The molecular weight excluding hydrogens is 357 g/mol. The third-order valence-corrected chi connectivity index (χ3v) is 4.28. The van der Waals surface area contributed by atoms with E-state index in [0.29, 0.717) is 16.8 Å². The van der Waals surface area contributed by atoms with Crippen LogP contribution in [0.15, 0.2) is 60.8 Å². The number of rotatable bonds is 5. The number of carbonyl (C=O) groups excluding carboxylic acids is 2. The normalized spacial score (nSPS) is 10.4. The van der Waals surface area contributed by atoms with Gasteiger partial charge in [-0.1, -0.05) is 35.9 Å². The summed E-state index contributed by atoms with van der Waals surface area (Å²) in [6, 6.07) is 14.9. The Morgan fingerprint density at radius 3 is 2.54 bits per heavy atom. The van der Waals surface area contributed by atoms with Crippen LogP contribution in [0.5, 0.6) is 0 Å². The molecule has 0 radical (unpaired) electrons. The van der Waals surface area contributed by atoms with Crippen molar-refractivity contribution in [3.63, 3.8) is 0 Å². The molecule has 2 amide bonds. The van der Waals surface area contributed by atoms with Gasteiger partial charge in [-0.05, 0) is 43.7 Å². The number of nitrogens with zero attached hydrogens (tertiary/aromatic N) is 1. The number of pyridine rings is 1.